The zero-order valence-electron chi connectivity index (χ0n) is 23.7. The lowest BCUT2D eigenvalue weighted by Crippen LogP contribution is -2.31. The molecule has 0 aliphatic carbocycles. The number of nitrogens with two attached hydrogens (primary N) is 1. The summed E-state index contributed by atoms with van der Waals surface area (Å²) in [5, 5.41) is 4.64. The van der Waals surface area contributed by atoms with Crippen LogP contribution >= 0.6 is 0 Å². The van der Waals surface area contributed by atoms with E-state index < -0.39 is 17.8 Å². The first-order valence-electron chi connectivity index (χ1n) is 13.1. The Hall–Kier alpha value is -4.38. The standard InChI is InChI=1S/C30H34F3N7O/c1-6-40(19-21-10-8-7-9-11-21)26(22-12-14-23(15-13-22)30(31,32)33)28-36-27(37-39(28)4)24-16-17-25(29(35-24)41-5)38(3)18-20(2)34/h7-18,26H,6,19,34H2,1-5H3/b20-18-/t26-/m1/s1. The minimum absolute atomic E-state index is 0.369. The number of methoxy groups -OCH3 is 1. The molecule has 11 heteroatoms. The summed E-state index contributed by atoms with van der Waals surface area (Å²) in [6.07, 6.45) is -2.67. The number of aryl methyl sites for hydroxylation is 1. The van der Waals surface area contributed by atoms with Crippen LogP contribution in [0.5, 0.6) is 5.88 Å². The minimum atomic E-state index is -4.43. The van der Waals surface area contributed by atoms with Crippen molar-refractivity contribution in [1.82, 2.24) is 24.6 Å². The van der Waals surface area contributed by atoms with Crippen LogP contribution in [0.2, 0.25) is 0 Å². The third-order valence-electron chi connectivity index (χ3n) is 6.63. The van der Waals surface area contributed by atoms with E-state index in [-0.39, 0.29) is 0 Å². The van der Waals surface area contributed by atoms with Crippen molar-refractivity contribution in [1.29, 1.82) is 0 Å². The summed E-state index contributed by atoms with van der Waals surface area (Å²) in [6.45, 7) is 4.97. The van der Waals surface area contributed by atoms with Crippen molar-refractivity contribution in [3.8, 4) is 17.4 Å². The molecule has 0 radical (unpaired) electrons. The van der Waals surface area contributed by atoms with Crippen molar-refractivity contribution < 1.29 is 17.9 Å². The van der Waals surface area contributed by atoms with Crippen molar-refractivity contribution >= 4 is 5.69 Å². The Kier molecular flexibility index (Phi) is 8.97. The first-order valence-corrected chi connectivity index (χ1v) is 13.1. The Bertz CT molecular complexity index is 1480. The Morgan fingerprint density at radius 2 is 1.73 bits per heavy atom. The highest BCUT2D eigenvalue weighted by Crippen LogP contribution is 2.35. The van der Waals surface area contributed by atoms with Crippen molar-refractivity contribution in [2.45, 2.75) is 32.6 Å². The largest absolute Gasteiger partial charge is 0.479 e. The highest BCUT2D eigenvalue weighted by molar-refractivity contribution is 5.62. The smallest absolute Gasteiger partial charge is 0.416 e. The molecular weight excluding hydrogens is 531 g/mol. The van der Waals surface area contributed by atoms with Gasteiger partial charge in [-0.25, -0.2) is 9.97 Å². The van der Waals surface area contributed by atoms with Crippen molar-refractivity contribution in [2.24, 2.45) is 12.8 Å². The Labute approximate surface area is 237 Å². The van der Waals surface area contributed by atoms with Crippen LogP contribution in [0.15, 0.2) is 78.6 Å². The average Bonchev–Trinajstić information content (AvgIpc) is 3.33. The summed E-state index contributed by atoms with van der Waals surface area (Å²) in [6, 6.07) is 18.3. The minimum Gasteiger partial charge on any atom is -0.479 e. The molecule has 2 aromatic heterocycles. The number of alkyl halides is 3. The van der Waals surface area contributed by atoms with Gasteiger partial charge in [0.05, 0.1) is 18.7 Å². The van der Waals surface area contributed by atoms with E-state index in [0.29, 0.717) is 53.3 Å². The first-order chi connectivity index (χ1) is 19.5. The summed E-state index contributed by atoms with van der Waals surface area (Å²) < 4.78 is 47.2. The molecule has 41 heavy (non-hydrogen) atoms. The van der Waals surface area contributed by atoms with Crippen molar-refractivity contribution in [3.63, 3.8) is 0 Å². The highest BCUT2D eigenvalue weighted by Gasteiger charge is 2.32. The zero-order valence-corrected chi connectivity index (χ0v) is 23.7. The van der Waals surface area contributed by atoms with Gasteiger partial charge >= 0.3 is 6.18 Å². The van der Waals surface area contributed by atoms with Gasteiger partial charge in [0.15, 0.2) is 5.82 Å². The van der Waals surface area contributed by atoms with Crippen LogP contribution in [0.4, 0.5) is 18.9 Å². The molecule has 0 aliphatic rings. The SMILES string of the molecule is CCN(Cc1ccccc1)[C@H](c1ccc(C(F)(F)F)cc1)c1nc(-c2ccc(N(C)/C=C(/C)N)c(OC)n2)nn1C. The fraction of sp³-hybridized carbons (Fsp3) is 0.300. The van der Waals surface area contributed by atoms with Crippen LogP contribution in [0.1, 0.15) is 42.4 Å². The van der Waals surface area contributed by atoms with Crippen LogP contribution in [0.25, 0.3) is 11.5 Å². The van der Waals surface area contributed by atoms with E-state index in [1.165, 1.54) is 19.2 Å². The molecule has 4 rings (SSSR count). The summed E-state index contributed by atoms with van der Waals surface area (Å²) >= 11 is 0. The molecule has 0 fully saturated rings. The van der Waals surface area contributed by atoms with Gasteiger partial charge in [0.25, 0.3) is 0 Å². The van der Waals surface area contributed by atoms with Crippen molar-refractivity contribution in [3.05, 3.63) is 101 Å². The Balaban J connectivity index is 1.78. The number of nitrogens with zero attached hydrogens (tertiary/aromatic N) is 6. The molecule has 4 aromatic rings. The van der Waals surface area contributed by atoms with Crippen LogP contribution in [-0.4, -0.2) is 45.4 Å². The lowest BCUT2D eigenvalue weighted by atomic mass is 10.0. The number of anilines is 1. The van der Waals surface area contributed by atoms with Gasteiger partial charge in [0.2, 0.25) is 5.88 Å². The van der Waals surface area contributed by atoms with Crippen LogP contribution in [0, 0.1) is 0 Å². The maximum Gasteiger partial charge on any atom is 0.416 e. The molecule has 8 nitrogen and oxygen atoms in total. The van der Waals surface area contributed by atoms with Gasteiger partial charge in [-0.1, -0.05) is 49.4 Å². The lowest BCUT2D eigenvalue weighted by molar-refractivity contribution is -0.137. The number of pyridine rings is 1. The fourth-order valence-corrected chi connectivity index (χ4v) is 4.68. The normalized spacial score (nSPS) is 13.0. The van der Waals surface area contributed by atoms with Gasteiger partial charge in [0, 0.05) is 32.5 Å². The number of benzene rings is 2. The second kappa shape index (κ2) is 12.4. The molecule has 0 spiro atoms. The van der Waals surface area contributed by atoms with Gasteiger partial charge in [0.1, 0.15) is 17.2 Å². The van der Waals surface area contributed by atoms with E-state index in [1.54, 1.807) is 30.9 Å². The van der Waals surface area contributed by atoms with E-state index in [9.17, 15) is 13.2 Å². The molecule has 0 amide bonds. The summed E-state index contributed by atoms with van der Waals surface area (Å²) in [7, 11) is 5.14. The maximum atomic E-state index is 13.3. The molecule has 0 saturated heterocycles. The van der Waals surface area contributed by atoms with Gasteiger partial charge in [-0.3, -0.25) is 9.58 Å². The molecule has 0 bridgehead atoms. The van der Waals surface area contributed by atoms with Crippen LogP contribution in [-0.2, 0) is 19.8 Å². The fourth-order valence-electron chi connectivity index (χ4n) is 4.68. The lowest BCUT2D eigenvalue weighted by Gasteiger charge is -2.30. The number of hydrogen-bond donors (Lipinski definition) is 1. The monoisotopic (exact) mass is 565 g/mol. The molecule has 1 atom stereocenters. The highest BCUT2D eigenvalue weighted by atomic mass is 19.4. The summed E-state index contributed by atoms with van der Waals surface area (Å²) in [4.78, 5) is 13.5. The van der Waals surface area contributed by atoms with Crippen LogP contribution in [0.3, 0.4) is 0 Å². The first kappa shape index (κ1) is 29.6. The second-order valence-corrected chi connectivity index (χ2v) is 9.70. The van der Waals surface area contributed by atoms with E-state index >= 15 is 0 Å². The number of aromatic nitrogens is 4. The van der Waals surface area contributed by atoms with Gasteiger partial charge in [-0.15, -0.1) is 5.10 Å². The molecule has 0 unspecified atom stereocenters. The summed E-state index contributed by atoms with van der Waals surface area (Å²) in [5.74, 6) is 1.31. The molecule has 216 valence electrons. The second-order valence-electron chi connectivity index (χ2n) is 9.70. The van der Waals surface area contributed by atoms with Crippen molar-refractivity contribution in [2.75, 3.05) is 25.6 Å². The predicted octanol–water partition coefficient (Wildman–Crippen LogP) is 5.77. The van der Waals surface area contributed by atoms with Gasteiger partial charge in [-0.2, -0.15) is 13.2 Å². The number of ether oxygens (including phenoxy) is 1. The summed E-state index contributed by atoms with van der Waals surface area (Å²) in [5.41, 5.74) is 8.69. The third kappa shape index (κ3) is 6.86. The molecule has 2 heterocycles. The van der Waals surface area contributed by atoms with E-state index in [2.05, 4.69) is 15.0 Å². The molecule has 2 N–H and O–H groups in total. The van der Waals surface area contributed by atoms with E-state index in [4.69, 9.17) is 15.5 Å². The topological polar surface area (TPSA) is 85.3 Å². The number of allylic oxidation sites excluding steroid dienone is 1. The van der Waals surface area contributed by atoms with E-state index in [0.717, 1.165) is 17.7 Å². The number of hydrogen-bond acceptors (Lipinski definition) is 7. The number of halogens is 3. The molecule has 2 aromatic carbocycles. The zero-order chi connectivity index (χ0) is 29.7. The Morgan fingerprint density at radius 1 is 1.05 bits per heavy atom. The van der Waals surface area contributed by atoms with E-state index in [1.807, 2.05) is 55.3 Å². The maximum absolute atomic E-state index is 13.3. The quantitative estimate of drug-likeness (QED) is 0.261. The predicted molar refractivity (Wildman–Crippen MR) is 153 cm³/mol. The van der Waals surface area contributed by atoms with Crippen LogP contribution < -0.4 is 15.4 Å². The average molecular weight is 566 g/mol. The van der Waals surface area contributed by atoms with Gasteiger partial charge in [-0.05, 0) is 48.9 Å². The number of rotatable bonds is 10. The molecule has 0 saturated carbocycles. The molecule has 0 aliphatic heterocycles. The van der Waals surface area contributed by atoms with Gasteiger partial charge < -0.3 is 15.4 Å². The Morgan fingerprint density at radius 3 is 2.32 bits per heavy atom. The molecular formula is C30H34F3N7O. The third-order valence-corrected chi connectivity index (χ3v) is 6.63.